The van der Waals surface area contributed by atoms with Gasteiger partial charge in [-0.2, -0.15) is 0 Å². The SMILES string of the molecule is CCCCSc1nnc(SCc2nc3cc(Cl)ccc3n2C)s1. The molecule has 0 saturated heterocycles. The predicted octanol–water partition coefficient (Wildman–Crippen LogP) is 5.26. The molecule has 2 heterocycles. The summed E-state index contributed by atoms with van der Waals surface area (Å²) in [7, 11) is 2.03. The molecule has 0 aliphatic rings. The van der Waals surface area contributed by atoms with E-state index in [0.717, 1.165) is 37.0 Å². The van der Waals surface area contributed by atoms with E-state index >= 15 is 0 Å². The van der Waals surface area contributed by atoms with E-state index in [1.807, 2.05) is 25.2 Å². The highest BCUT2D eigenvalue weighted by Crippen LogP contribution is 2.31. The average molecular weight is 385 g/mol. The number of hydrogen-bond donors (Lipinski definition) is 0. The Morgan fingerprint density at radius 3 is 2.78 bits per heavy atom. The van der Waals surface area contributed by atoms with Gasteiger partial charge in [0, 0.05) is 17.8 Å². The highest BCUT2D eigenvalue weighted by molar-refractivity contribution is 8.02. The fraction of sp³-hybridized carbons (Fsp3) is 0.400. The zero-order valence-corrected chi connectivity index (χ0v) is 16.2. The molecule has 0 bridgehead atoms. The lowest BCUT2D eigenvalue weighted by Gasteiger charge is -2.00. The third kappa shape index (κ3) is 4.21. The number of nitrogens with zero attached hydrogens (tertiary/aromatic N) is 4. The summed E-state index contributed by atoms with van der Waals surface area (Å²) in [6.07, 6.45) is 2.43. The average Bonchev–Trinajstić information content (AvgIpc) is 3.10. The lowest BCUT2D eigenvalue weighted by molar-refractivity contribution is 0.874. The summed E-state index contributed by atoms with van der Waals surface area (Å²) >= 11 is 11.2. The molecular weight excluding hydrogens is 368 g/mol. The molecule has 8 heteroatoms. The minimum absolute atomic E-state index is 0.715. The fourth-order valence-corrected chi connectivity index (χ4v) is 5.42. The van der Waals surface area contributed by atoms with Crippen molar-refractivity contribution in [3.8, 4) is 0 Å². The molecule has 4 nitrogen and oxygen atoms in total. The highest BCUT2D eigenvalue weighted by atomic mass is 35.5. The smallest absolute Gasteiger partial charge is 0.175 e. The van der Waals surface area contributed by atoms with Crippen LogP contribution >= 0.6 is 46.5 Å². The van der Waals surface area contributed by atoms with Gasteiger partial charge in [-0.25, -0.2) is 4.98 Å². The number of halogens is 1. The van der Waals surface area contributed by atoms with Crippen molar-refractivity contribution in [2.24, 2.45) is 7.05 Å². The van der Waals surface area contributed by atoms with Gasteiger partial charge in [-0.3, -0.25) is 0 Å². The van der Waals surface area contributed by atoms with E-state index in [-0.39, 0.29) is 0 Å². The maximum Gasteiger partial charge on any atom is 0.175 e. The van der Waals surface area contributed by atoms with Crippen molar-refractivity contribution in [2.45, 2.75) is 34.2 Å². The quantitative estimate of drug-likeness (QED) is 0.410. The van der Waals surface area contributed by atoms with Crippen molar-refractivity contribution < 1.29 is 0 Å². The number of unbranched alkanes of at least 4 members (excludes halogenated alkanes) is 1. The van der Waals surface area contributed by atoms with Crippen LogP contribution in [0.25, 0.3) is 11.0 Å². The summed E-state index contributed by atoms with van der Waals surface area (Å²) in [5.74, 6) is 2.90. The van der Waals surface area contributed by atoms with Gasteiger partial charge >= 0.3 is 0 Å². The molecule has 122 valence electrons. The van der Waals surface area contributed by atoms with Gasteiger partial charge in [-0.05, 0) is 24.6 Å². The summed E-state index contributed by atoms with van der Waals surface area (Å²) in [6, 6.07) is 5.80. The van der Waals surface area contributed by atoms with Crippen LogP contribution < -0.4 is 0 Å². The maximum absolute atomic E-state index is 6.03. The van der Waals surface area contributed by atoms with Crippen LogP contribution in [0.5, 0.6) is 0 Å². The zero-order chi connectivity index (χ0) is 16.2. The summed E-state index contributed by atoms with van der Waals surface area (Å²) in [4.78, 5) is 4.66. The summed E-state index contributed by atoms with van der Waals surface area (Å²) < 4.78 is 4.16. The van der Waals surface area contributed by atoms with Crippen LogP contribution in [0.3, 0.4) is 0 Å². The van der Waals surface area contributed by atoms with Gasteiger partial charge in [0.05, 0.1) is 16.8 Å². The minimum atomic E-state index is 0.715. The van der Waals surface area contributed by atoms with Crippen molar-refractivity contribution >= 4 is 57.5 Å². The maximum atomic E-state index is 6.03. The van der Waals surface area contributed by atoms with Crippen LogP contribution in [0.2, 0.25) is 5.02 Å². The zero-order valence-electron chi connectivity index (χ0n) is 13.0. The minimum Gasteiger partial charge on any atom is -0.330 e. The Bertz CT molecular complexity index is 799. The molecule has 0 radical (unpaired) electrons. The topological polar surface area (TPSA) is 43.6 Å². The first-order valence-corrected chi connectivity index (χ1v) is 10.5. The molecule has 0 aliphatic heterocycles. The normalized spacial score (nSPS) is 11.4. The molecule has 23 heavy (non-hydrogen) atoms. The number of rotatable bonds is 7. The van der Waals surface area contributed by atoms with Gasteiger partial charge in [0.15, 0.2) is 8.68 Å². The fourth-order valence-electron chi connectivity index (χ4n) is 2.10. The number of hydrogen-bond acceptors (Lipinski definition) is 6. The van der Waals surface area contributed by atoms with E-state index in [9.17, 15) is 0 Å². The van der Waals surface area contributed by atoms with Crippen LogP contribution in [-0.4, -0.2) is 25.5 Å². The molecule has 0 fully saturated rings. The third-order valence-corrected chi connectivity index (χ3v) is 6.88. The molecule has 2 aromatic heterocycles. The monoisotopic (exact) mass is 384 g/mol. The van der Waals surface area contributed by atoms with E-state index in [1.54, 1.807) is 34.9 Å². The molecular formula is C15H17ClN4S3. The molecule has 3 rings (SSSR count). The second-order valence-corrected chi connectivity index (χ2v) is 9.02. The number of benzene rings is 1. The molecule has 3 aromatic rings. The Morgan fingerprint density at radius 1 is 1.22 bits per heavy atom. The van der Waals surface area contributed by atoms with Crippen LogP contribution in [-0.2, 0) is 12.8 Å². The van der Waals surface area contributed by atoms with Crippen LogP contribution in [0.1, 0.15) is 25.6 Å². The second kappa shape index (κ2) is 7.88. The molecule has 0 unspecified atom stereocenters. The molecule has 1 aromatic carbocycles. The lowest BCUT2D eigenvalue weighted by Crippen LogP contribution is -1.95. The molecule has 0 aliphatic carbocycles. The van der Waals surface area contributed by atoms with Crippen molar-refractivity contribution in [1.29, 1.82) is 0 Å². The standard InChI is InChI=1S/C15H17ClN4S3/c1-3-4-7-21-14-18-19-15(23-14)22-9-13-17-11-8-10(16)5-6-12(11)20(13)2/h5-6,8H,3-4,7,9H2,1-2H3. The number of aryl methyl sites for hydroxylation is 1. The molecule has 0 saturated carbocycles. The van der Waals surface area contributed by atoms with Gasteiger partial charge in [-0.15, -0.1) is 10.2 Å². The van der Waals surface area contributed by atoms with E-state index < -0.39 is 0 Å². The number of aromatic nitrogens is 4. The van der Waals surface area contributed by atoms with Crippen LogP contribution in [0, 0.1) is 0 Å². The number of fused-ring (bicyclic) bond motifs is 1. The van der Waals surface area contributed by atoms with E-state index in [1.165, 1.54) is 12.8 Å². The predicted molar refractivity (Wildman–Crippen MR) is 101 cm³/mol. The van der Waals surface area contributed by atoms with E-state index in [0.29, 0.717) is 5.02 Å². The summed E-state index contributed by atoms with van der Waals surface area (Å²) in [5, 5.41) is 9.22. The number of imidazole rings is 1. The van der Waals surface area contributed by atoms with Crippen molar-refractivity contribution in [2.75, 3.05) is 5.75 Å². The Morgan fingerprint density at radius 2 is 2.00 bits per heavy atom. The molecule has 0 atom stereocenters. The number of thioether (sulfide) groups is 2. The molecule has 0 amide bonds. The first kappa shape index (κ1) is 17.1. The van der Waals surface area contributed by atoms with Gasteiger partial charge in [-0.1, -0.05) is 59.8 Å². The summed E-state index contributed by atoms with van der Waals surface area (Å²) in [5.41, 5.74) is 2.03. The Hall–Kier alpha value is -0.760. The van der Waals surface area contributed by atoms with Gasteiger partial charge in [0.25, 0.3) is 0 Å². The van der Waals surface area contributed by atoms with Crippen molar-refractivity contribution in [3.63, 3.8) is 0 Å². The first-order valence-electron chi connectivity index (χ1n) is 7.37. The largest absolute Gasteiger partial charge is 0.330 e. The van der Waals surface area contributed by atoms with Crippen molar-refractivity contribution in [1.82, 2.24) is 19.7 Å². The summed E-state index contributed by atoms with van der Waals surface area (Å²) in [6.45, 7) is 2.20. The highest BCUT2D eigenvalue weighted by Gasteiger charge is 2.11. The Kier molecular flexibility index (Phi) is 5.85. The molecule has 0 N–H and O–H groups in total. The van der Waals surface area contributed by atoms with Crippen LogP contribution in [0.15, 0.2) is 26.9 Å². The van der Waals surface area contributed by atoms with E-state index in [2.05, 4.69) is 26.7 Å². The van der Waals surface area contributed by atoms with Gasteiger partial charge in [0.1, 0.15) is 5.82 Å². The second-order valence-electron chi connectivity index (χ2n) is 5.04. The van der Waals surface area contributed by atoms with Crippen molar-refractivity contribution in [3.05, 3.63) is 29.0 Å². The van der Waals surface area contributed by atoms with E-state index in [4.69, 9.17) is 11.6 Å². The molecule has 0 spiro atoms. The first-order chi connectivity index (χ1) is 11.2. The van der Waals surface area contributed by atoms with Gasteiger partial charge in [0.2, 0.25) is 0 Å². The third-order valence-electron chi connectivity index (χ3n) is 3.37. The Balaban J connectivity index is 1.65. The Labute approximate surface area is 153 Å². The lowest BCUT2D eigenvalue weighted by atomic mass is 10.3. The van der Waals surface area contributed by atoms with Gasteiger partial charge < -0.3 is 4.57 Å². The van der Waals surface area contributed by atoms with Crippen LogP contribution in [0.4, 0.5) is 0 Å².